The zero-order valence-electron chi connectivity index (χ0n) is 19.7. The van der Waals surface area contributed by atoms with Crippen molar-refractivity contribution in [3.63, 3.8) is 0 Å². The van der Waals surface area contributed by atoms with Gasteiger partial charge in [0.2, 0.25) is 0 Å². The van der Waals surface area contributed by atoms with Crippen LogP contribution in [0.4, 0.5) is 0 Å². The molecular formula is C28H30O6. The van der Waals surface area contributed by atoms with Crippen molar-refractivity contribution in [1.82, 2.24) is 0 Å². The van der Waals surface area contributed by atoms with Gasteiger partial charge in [0.05, 0.1) is 26.4 Å². The Balaban J connectivity index is 1.76. The molecule has 3 rings (SSSR count). The van der Waals surface area contributed by atoms with Crippen LogP contribution in [0, 0.1) is 0 Å². The van der Waals surface area contributed by atoms with Gasteiger partial charge in [-0.25, -0.2) is 9.59 Å². The molecule has 0 heterocycles. The van der Waals surface area contributed by atoms with Crippen molar-refractivity contribution in [1.29, 1.82) is 0 Å². The molecule has 0 fully saturated rings. The molecule has 0 amide bonds. The normalized spacial score (nSPS) is 10.6. The second kappa shape index (κ2) is 11.9. The van der Waals surface area contributed by atoms with Crippen molar-refractivity contribution < 1.29 is 28.5 Å². The van der Waals surface area contributed by atoms with E-state index in [9.17, 15) is 9.59 Å². The summed E-state index contributed by atoms with van der Waals surface area (Å²) >= 11 is 0. The second-order valence-electron chi connectivity index (χ2n) is 7.99. The van der Waals surface area contributed by atoms with Gasteiger partial charge in [-0.3, -0.25) is 0 Å². The van der Waals surface area contributed by atoms with Gasteiger partial charge in [-0.1, -0.05) is 61.7 Å². The van der Waals surface area contributed by atoms with E-state index in [2.05, 4.69) is 13.2 Å². The predicted octanol–water partition coefficient (Wildman–Crippen LogP) is 5.77. The summed E-state index contributed by atoms with van der Waals surface area (Å²) in [5.74, 6) is 0.735. The van der Waals surface area contributed by atoms with Crippen LogP contribution in [0.25, 0.3) is 21.5 Å². The Labute approximate surface area is 199 Å². The van der Waals surface area contributed by atoms with Gasteiger partial charge in [0.25, 0.3) is 0 Å². The lowest BCUT2D eigenvalue weighted by molar-refractivity contribution is -0.140. The number of ether oxygens (including phenoxy) is 4. The quantitative estimate of drug-likeness (QED) is 0.147. The van der Waals surface area contributed by atoms with Crippen molar-refractivity contribution in [2.75, 3.05) is 26.4 Å². The third-order valence-corrected chi connectivity index (χ3v) is 5.07. The molecule has 0 unspecified atom stereocenters. The van der Waals surface area contributed by atoms with E-state index in [0.29, 0.717) is 37.2 Å². The summed E-state index contributed by atoms with van der Waals surface area (Å²) < 4.78 is 22.7. The van der Waals surface area contributed by atoms with E-state index in [1.165, 1.54) is 0 Å². The molecule has 3 aromatic rings. The molecule has 0 aliphatic carbocycles. The smallest absolute Gasteiger partial charge is 0.333 e. The Hall–Kier alpha value is -3.80. The highest BCUT2D eigenvalue weighted by atomic mass is 16.5. The van der Waals surface area contributed by atoms with Crippen molar-refractivity contribution in [3.8, 4) is 11.5 Å². The lowest BCUT2D eigenvalue weighted by Gasteiger charge is -2.18. The van der Waals surface area contributed by atoms with Gasteiger partial charge in [0.1, 0.15) is 11.5 Å². The molecule has 0 radical (unpaired) electrons. The van der Waals surface area contributed by atoms with Crippen LogP contribution in [0.1, 0.15) is 26.7 Å². The van der Waals surface area contributed by atoms with E-state index in [1.54, 1.807) is 13.8 Å². The van der Waals surface area contributed by atoms with Gasteiger partial charge in [0, 0.05) is 45.5 Å². The van der Waals surface area contributed by atoms with Crippen molar-refractivity contribution in [3.05, 3.63) is 72.8 Å². The molecule has 0 atom stereocenters. The monoisotopic (exact) mass is 462 g/mol. The fourth-order valence-electron chi connectivity index (χ4n) is 3.40. The zero-order chi connectivity index (χ0) is 24.5. The molecule has 0 N–H and O–H groups in total. The minimum Gasteiger partial charge on any atom is -0.492 e. The van der Waals surface area contributed by atoms with Crippen LogP contribution in [0.5, 0.6) is 11.5 Å². The first kappa shape index (κ1) is 24.8. The van der Waals surface area contributed by atoms with Gasteiger partial charge >= 0.3 is 11.9 Å². The van der Waals surface area contributed by atoms with E-state index in [1.807, 2.05) is 48.5 Å². The molecule has 0 saturated carbocycles. The standard InChI is InChI=1S/C28H30O6/c1-19(2)27(29)33-17-9-15-31-25-21-11-5-7-13-23(21)26(24-14-8-6-12-22(24)25)32-16-10-18-34-28(30)20(3)4/h5-8,11-14H,1,3,9-10,15-18H2,2,4H3. The maximum atomic E-state index is 11.5. The number of hydrogen-bond donors (Lipinski definition) is 0. The topological polar surface area (TPSA) is 71.1 Å². The third-order valence-electron chi connectivity index (χ3n) is 5.07. The van der Waals surface area contributed by atoms with Crippen molar-refractivity contribution in [2.45, 2.75) is 26.7 Å². The number of benzene rings is 3. The van der Waals surface area contributed by atoms with Crippen molar-refractivity contribution in [2.24, 2.45) is 0 Å². The van der Waals surface area contributed by atoms with Crippen LogP contribution in [0.2, 0.25) is 0 Å². The van der Waals surface area contributed by atoms with Crippen molar-refractivity contribution >= 4 is 33.5 Å². The summed E-state index contributed by atoms with van der Waals surface area (Å²) in [4.78, 5) is 23.1. The number of carbonyl (C=O) groups is 2. The number of carbonyl (C=O) groups excluding carboxylic acids is 2. The fourth-order valence-corrected chi connectivity index (χ4v) is 3.40. The Morgan fingerprint density at radius 3 is 1.24 bits per heavy atom. The Morgan fingerprint density at radius 2 is 0.941 bits per heavy atom. The summed E-state index contributed by atoms with van der Waals surface area (Å²) in [6.45, 7) is 11.7. The number of rotatable bonds is 12. The van der Waals surface area contributed by atoms with Crippen LogP contribution in [0.15, 0.2) is 72.8 Å². The van der Waals surface area contributed by atoms with Crippen LogP contribution in [0.3, 0.4) is 0 Å². The first-order chi connectivity index (χ1) is 16.4. The molecule has 0 spiro atoms. The first-order valence-electron chi connectivity index (χ1n) is 11.2. The summed E-state index contributed by atoms with van der Waals surface area (Å²) in [5, 5.41) is 3.74. The average Bonchev–Trinajstić information content (AvgIpc) is 2.83. The van der Waals surface area contributed by atoms with Gasteiger partial charge in [-0.2, -0.15) is 0 Å². The van der Waals surface area contributed by atoms with Crippen LogP contribution >= 0.6 is 0 Å². The average molecular weight is 463 g/mol. The zero-order valence-corrected chi connectivity index (χ0v) is 19.7. The Morgan fingerprint density at radius 1 is 0.618 bits per heavy atom. The Bertz CT molecular complexity index is 1060. The molecule has 0 aliphatic rings. The molecule has 0 aliphatic heterocycles. The van der Waals surface area contributed by atoms with Gasteiger partial charge < -0.3 is 18.9 Å². The largest absolute Gasteiger partial charge is 0.492 e. The molecular weight excluding hydrogens is 432 g/mol. The summed E-state index contributed by atoms with van der Waals surface area (Å²) in [6, 6.07) is 15.8. The SMILES string of the molecule is C=C(C)C(=O)OCCCOc1c2ccccc2c(OCCCOC(=O)C(=C)C)c2ccccc12. The number of esters is 2. The maximum Gasteiger partial charge on any atom is 0.333 e. The van der Waals surface area contributed by atoms with Crippen LogP contribution in [-0.2, 0) is 19.1 Å². The highest BCUT2D eigenvalue weighted by molar-refractivity contribution is 6.11. The van der Waals surface area contributed by atoms with E-state index < -0.39 is 11.9 Å². The highest BCUT2D eigenvalue weighted by Gasteiger charge is 2.16. The molecule has 6 nitrogen and oxygen atoms in total. The molecule has 34 heavy (non-hydrogen) atoms. The van der Waals surface area contributed by atoms with E-state index >= 15 is 0 Å². The fraction of sp³-hybridized carbons (Fsp3) is 0.286. The first-order valence-corrected chi connectivity index (χ1v) is 11.2. The number of hydrogen-bond acceptors (Lipinski definition) is 6. The molecule has 0 aromatic heterocycles. The minimum absolute atomic E-state index is 0.263. The van der Waals surface area contributed by atoms with Crippen LogP contribution in [-0.4, -0.2) is 38.4 Å². The van der Waals surface area contributed by atoms with E-state index in [4.69, 9.17) is 18.9 Å². The third kappa shape index (κ3) is 6.16. The second-order valence-corrected chi connectivity index (χ2v) is 7.99. The van der Waals surface area contributed by atoms with Crippen LogP contribution < -0.4 is 9.47 Å². The highest BCUT2D eigenvalue weighted by Crippen LogP contribution is 2.42. The van der Waals surface area contributed by atoms with Gasteiger partial charge in [-0.05, 0) is 13.8 Å². The molecule has 3 aromatic carbocycles. The van der Waals surface area contributed by atoms with E-state index in [0.717, 1.165) is 33.0 Å². The lowest BCUT2D eigenvalue weighted by Crippen LogP contribution is -2.10. The molecule has 0 bridgehead atoms. The molecule has 178 valence electrons. The van der Waals surface area contributed by atoms with Gasteiger partial charge in [0.15, 0.2) is 0 Å². The predicted molar refractivity (Wildman–Crippen MR) is 133 cm³/mol. The van der Waals surface area contributed by atoms with E-state index in [-0.39, 0.29) is 13.2 Å². The summed E-state index contributed by atoms with van der Waals surface area (Å²) in [5.41, 5.74) is 0.755. The lowest BCUT2D eigenvalue weighted by atomic mass is 10.0. The minimum atomic E-state index is -0.396. The Kier molecular flexibility index (Phi) is 8.68. The van der Waals surface area contributed by atoms with Gasteiger partial charge in [-0.15, -0.1) is 0 Å². The molecule has 0 saturated heterocycles. The molecule has 6 heteroatoms. The number of fused-ring (bicyclic) bond motifs is 2. The summed E-state index contributed by atoms with van der Waals surface area (Å²) in [7, 11) is 0. The maximum absolute atomic E-state index is 11.5. The summed E-state index contributed by atoms with van der Waals surface area (Å²) in [6.07, 6.45) is 1.12.